The predicted octanol–water partition coefficient (Wildman–Crippen LogP) is 2.05. The van der Waals surface area contributed by atoms with E-state index in [-0.39, 0.29) is 17.9 Å². The van der Waals surface area contributed by atoms with Crippen molar-refractivity contribution in [3.8, 4) is 12.3 Å². The number of nitrogens with two attached hydrogens (primary N) is 1. The van der Waals surface area contributed by atoms with Gasteiger partial charge in [0.1, 0.15) is 11.5 Å². The summed E-state index contributed by atoms with van der Waals surface area (Å²) >= 11 is 0. The van der Waals surface area contributed by atoms with Gasteiger partial charge in [0, 0.05) is 6.54 Å². The number of terminal acetylenes is 1. The van der Waals surface area contributed by atoms with Crippen LogP contribution in [0.25, 0.3) is 0 Å². The molecule has 1 fully saturated rings. The van der Waals surface area contributed by atoms with E-state index in [0.717, 1.165) is 25.0 Å². The van der Waals surface area contributed by atoms with Crippen LogP contribution in [0, 0.1) is 18.3 Å². The zero-order valence-electron chi connectivity index (χ0n) is 11.2. The van der Waals surface area contributed by atoms with E-state index in [1.807, 2.05) is 0 Å². The van der Waals surface area contributed by atoms with Gasteiger partial charge in [0.25, 0.3) is 5.91 Å². The molecule has 1 aromatic heterocycles. The van der Waals surface area contributed by atoms with Gasteiger partial charge in [-0.15, -0.1) is 6.42 Å². The molecule has 0 aromatic carbocycles. The Labute approximate surface area is 120 Å². The molecule has 1 aliphatic carbocycles. The normalized spacial score (nSPS) is 14.6. The molecule has 0 saturated heterocycles. The molecule has 0 spiro atoms. The highest BCUT2D eigenvalue weighted by atomic mass is 19.4. The van der Waals surface area contributed by atoms with Crippen LogP contribution in [0.4, 0.5) is 19.0 Å². The largest absolute Gasteiger partial charge is 0.433 e. The Morgan fingerprint density at radius 3 is 2.62 bits per heavy atom. The van der Waals surface area contributed by atoms with Crippen molar-refractivity contribution in [2.45, 2.75) is 19.0 Å². The van der Waals surface area contributed by atoms with Crippen LogP contribution >= 0.6 is 0 Å². The van der Waals surface area contributed by atoms with Crippen LogP contribution in [-0.4, -0.2) is 24.0 Å². The molecule has 1 heterocycles. The third kappa shape index (κ3) is 3.66. The second kappa shape index (κ2) is 5.64. The lowest BCUT2D eigenvalue weighted by atomic mass is 10.2. The Morgan fingerprint density at radius 2 is 2.14 bits per heavy atom. The molecule has 0 unspecified atom stereocenters. The number of rotatable bonds is 5. The molecule has 21 heavy (non-hydrogen) atoms. The molecule has 112 valence electrons. The number of carbonyl (C=O) groups is 1. The molecule has 0 radical (unpaired) electrons. The van der Waals surface area contributed by atoms with Gasteiger partial charge in [-0.1, -0.05) is 5.92 Å². The van der Waals surface area contributed by atoms with Crippen LogP contribution in [-0.2, 0) is 6.18 Å². The molecule has 1 saturated carbocycles. The minimum atomic E-state index is -4.59. The van der Waals surface area contributed by atoms with Crippen LogP contribution in [0.3, 0.4) is 0 Å². The highest BCUT2D eigenvalue weighted by molar-refractivity contribution is 5.97. The highest BCUT2D eigenvalue weighted by Gasteiger charge is 2.34. The van der Waals surface area contributed by atoms with Crippen molar-refractivity contribution in [3.63, 3.8) is 0 Å². The van der Waals surface area contributed by atoms with Crippen LogP contribution in [0.1, 0.15) is 28.9 Å². The minimum Gasteiger partial charge on any atom is -0.365 e. The number of aromatic nitrogens is 1. The number of carbonyl (C=O) groups excluding carboxylic acids is 1. The van der Waals surface area contributed by atoms with Crippen molar-refractivity contribution < 1.29 is 18.0 Å². The van der Waals surface area contributed by atoms with Crippen LogP contribution in [0.2, 0.25) is 0 Å². The van der Waals surface area contributed by atoms with Crippen LogP contribution in [0.5, 0.6) is 0 Å². The van der Waals surface area contributed by atoms with Gasteiger partial charge in [-0.2, -0.15) is 13.2 Å². The van der Waals surface area contributed by atoms with E-state index in [1.165, 1.54) is 4.90 Å². The SMILES string of the molecule is C#CCN(CC1CC1)c1nc(C(F)(F)F)ccc1C(N)=O. The quantitative estimate of drug-likeness (QED) is 0.846. The topological polar surface area (TPSA) is 59.2 Å². The average Bonchev–Trinajstić information content (AvgIpc) is 3.20. The summed E-state index contributed by atoms with van der Waals surface area (Å²) in [5, 5.41) is 0. The summed E-state index contributed by atoms with van der Waals surface area (Å²) in [6.07, 6.45) is 2.65. The van der Waals surface area contributed by atoms with Gasteiger partial charge < -0.3 is 10.6 Å². The average molecular weight is 297 g/mol. The molecule has 4 nitrogen and oxygen atoms in total. The maximum Gasteiger partial charge on any atom is 0.433 e. The smallest absolute Gasteiger partial charge is 0.365 e. The predicted molar refractivity (Wildman–Crippen MR) is 71.5 cm³/mol. The first kappa shape index (κ1) is 15.2. The van der Waals surface area contributed by atoms with E-state index in [9.17, 15) is 18.0 Å². The van der Waals surface area contributed by atoms with Gasteiger partial charge in [-0.3, -0.25) is 4.79 Å². The number of alkyl halides is 3. The first-order chi connectivity index (χ1) is 9.82. The van der Waals surface area contributed by atoms with Crippen molar-refractivity contribution in [2.24, 2.45) is 11.7 Å². The van der Waals surface area contributed by atoms with Crippen molar-refractivity contribution in [1.29, 1.82) is 0 Å². The van der Waals surface area contributed by atoms with E-state index in [0.29, 0.717) is 12.5 Å². The minimum absolute atomic E-state index is 0.0566. The Balaban J connectivity index is 2.44. The molecule has 1 amide bonds. The van der Waals surface area contributed by atoms with E-state index in [4.69, 9.17) is 12.2 Å². The van der Waals surface area contributed by atoms with Crippen LogP contribution < -0.4 is 10.6 Å². The lowest BCUT2D eigenvalue weighted by Crippen LogP contribution is -2.30. The molecule has 0 bridgehead atoms. The fourth-order valence-corrected chi connectivity index (χ4v) is 1.99. The molecule has 2 N–H and O–H groups in total. The number of anilines is 1. The van der Waals surface area contributed by atoms with Crippen LogP contribution in [0.15, 0.2) is 12.1 Å². The van der Waals surface area contributed by atoms with E-state index in [1.54, 1.807) is 0 Å². The summed E-state index contributed by atoms with van der Waals surface area (Å²) in [5.74, 6) is 1.82. The number of hydrogen-bond acceptors (Lipinski definition) is 3. The molecule has 1 aliphatic rings. The van der Waals surface area contributed by atoms with E-state index < -0.39 is 17.8 Å². The van der Waals surface area contributed by atoms with Crippen molar-refractivity contribution in [1.82, 2.24) is 4.98 Å². The van der Waals surface area contributed by atoms with Gasteiger partial charge in [-0.25, -0.2) is 4.98 Å². The first-order valence-corrected chi connectivity index (χ1v) is 6.39. The lowest BCUT2D eigenvalue weighted by Gasteiger charge is -2.24. The van der Waals surface area contributed by atoms with Crippen molar-refractivity contribution in [3.05, 3.63) is 23.4 Å². The van der Waals surface area contributed by atoms with Gasteiger partial charge in [-0.05, 0) is 30.9 Å². The summed E-state index contributed by atoms with van der Waals surface area (Å²) in [5.41, 5.74) is 4.09. The Morgan fingerprint density at radius 1 is 1.48 bits per heavy atom. The zero-order valence-corrected chi connectivity index (χ0v) is 11.2. The molecular weight excluding hydrogens is 283 g/mol. The van der Waals surface area contributed by atoms with Crippen molar-refractivity contribution >= 4 is 11.7 Å². The Hall–Kier alpha value is -2.23. The zero-order chi connectivity index (χ0) is 15.6. The van der Waals surface area contributed by atoms with Gasteiger partial charge >= 0.3 is 6.18 Å². The molecule has 1 aromatic rings. The molecule has 0 aliphatic heterocycles. The number of pyridine rings is 1. The number of amides is 1. The summed E-state index contributed by atoms with van der Waals surface area (Å²) in [6.45, 7) is 0.546. The fraction of sp³-hybridized carbons (Fsp3) is 0.429. The first-order valence-electron chi connectivity index (χ1n) is 6.39. The monoisotopic (exact) mass is 297 g/mol. The second-order valence-corrected chi connectivity index (χ2v) is 4.96. The van der Waals surface area contributed by atoms with Gasteiger partial charge in [0.2, 0.25) is 0 Å². The number of primary amides is 1. The maximum absolute atomic E-state index is 12.8. The standard InChI is InChI=1S/C14H14F3N3O/c1-2-7-20(8-9-3-4-9)13-10(12(18)21)5-6-11(19-13)14(15,16)17/h1,5-6,9H,3-4,7-8H2,(H2,18,21). The Kier molecular flexibility index (Phi) is 4.07. The molecular formula is C14H14F3N3O. The Bertz CT molecular complexity index is 588. The van der Waals surface area contributed by atoms with Crippen molar-refractivity contribution in [2.75, 3.05) is 18.0 Å². The van der Waals surface area contributed by atoms with E-state index in [2.05, 4.69) is 10.9 Å². The second-order valence-electron chi connectivity index (χ2n) is 4.96. The number of nitrogens with zero attached hydrogens (tertiary/aromatic N) is 2. The summed E-state index contributed by atoms with van der Waals surface area (Å²) in [4.78, 5) is 16.5. The summed E-state index contributed by atoms with van der Waals surface area (Å²) in [6, 6.07) is 1.79. The van der Waals surface area contributed by atoms with Gasteiger partial charge in [0.15, 0.2) is 0 Å². The molecule has 2 rings (SSSR count). The lowest BCUT2D eigenvalue weighted by molar-refractivity contribution is -0.141. The summed E-state index contributed by atoms with van der Waals surface area (Å²) in [7, 11) is 0. The fourth-order valence-electron chi connectivity index (χ4n) is 1.99. The third-order valence-corrected chi connectivity index (χ3v) is 3.19. The third-order valence-electron chi connectivity index (χ3n) is 3.19. The summed E-state index contributed by atoms with van der Waals surface area (Å²) < 4.78 is 38.4. The highest BCUT2D eigenvalue weighted by Crippen LogP contribution is 2.34. The van der Waals surface area contributed by atoms with E-state index >= 15 is 0 Å². The number of halogens is 3. The van der Waals surface area contributed by atoms with Gasteiger partial charge in [0.05, 0.1) is 12.1 Å². The number of hydrogen-bond donors (Lipinski definition) is 1. The molecule has 7 heteroatoms. The molecule has 0 atom stereocenters. The maximum atomic E-state index is 12.8.